The van der Waals surface area contributed by atoms with Gasteiger partial charge in [0, 0.05) is 34.3 Å². The summed E-state index contributed by atoms with van der Waals surface area (Å²) in [6, 6.07) is 18.4. The maximum absolute atomic E-state index is 13.9. The van der Waals surface area contributed by atoms with E-state index in [4.69, 9.17) is 10.5 Å². The van der Waals surface area contributed by atoms with Crippen molar-refractivity contribution < 1.29 is 19.1 Å². The number of amides is 1. The fraction of sp³-hybridized carbons (Fsp3) is 0.216. The van der Waals surface area contributed by atoms with Crippen LogP contribution in [0, 0.1) is 0 Å². The standard InChI is InChI=1S/C37H33N3O4/c1-2-23-11-7-15-27-28-16-9-18-30(34(28)40(33(23)27)21-22-10-6-12-24(20-22)35(38)41)37(43)44-36(42)29-17-8-14-26-25-13-4-3-5-19-31(25)39-32(26)29/h3-6,8-10,12,14,16-20,23,39H,2,7,11,13,15,21H2,1H3,(H2,38,41). The number of nitrogens with one attached hydrogen (secondary N) is 1. The van der Waals surface area contributed by atoms with Gasteiger partial charge in [-0.3, -0.25) is 4.79 Å². The number of para-hydroxylation sites is 2. The lowest BCUT2D eigenvalue weighted by Gasteiger charge is -2.25. The molecule has 2 aliphatic rings. The zero-order chi connectivity index (χ0) is 30.4. The van der Waals surface area contributed by atoms with E-state index in [0.717, 1.165) is 65.2 Å². The number of carbonyl (C=O) groups is 3. The lowest BCUT2D eigenvalue weighted by molar-refractivity contribution is 0.0400. The van der Waals surface area contributed by atoms with Crippen molar-refractivity contribution in [3.05, 3.63) is 124 Å². The average Bonchev–Trinajstić information content (AvgIpc) is 3.45. The number of nitrogens with two attached hydrogens (primary N) is 1. The van der Waals surface area contributed by atoms with E-state index in [2.05, 4.69) is 28.6 Å². The van der Waals surface area contributed by atoms with E-state index < -0.39 is 17.8 Å². The predicted octanol–water partition coefficient (Wildman–Crippen LogP) is 7.22. The molecule has 2 aromatic heterocycles. The molecule has 0 fully saturated rings. The quantitative estimate of drug-likeness (QED) is 0.163. The van der Waals surface area contributed by atoms with Gasteiger partial charge >= 0.3 is 11.9 Å². The number of esters is 2. The summed E-state index contributed by atoms with van der Waals surface area (Å²) in [5.41, 5.74) is 13.5. The summed E-state index contributed by atoms with van der Waals surface area (Å²) < 4.78 is 7.83. The molecule has 0 bridgehead atoms. The van der Waals surface area contributed by atoms with Crippen molar-refractivity contribution in [1.82, 2.24) is 9.55 Å². The van der Waals surface area contributed by atoms with Gasteiger partial charge in [-0.25, -0.2) is 9.59 Å². The zero-order valence-electron chi connectivity index (χ0n) is 24.6. The number of allylic oxidation sites excluding steroid dienone is 3. The van der Waals surface area contributed by atoms with Crippen LogP contribution in [0.5, 0.6) is 0 Å². The average molecular weight is 584 g/mol. The number of carbonyl (C=O) groups excluding carboxylic acids is 3. The number of ether oxygens (including phenoxy) is 1. The Kier molecular flexibility index (Phi) is 7.01. The second-order valence-corrected chi connectivity index (χ2v) is 11.6. The Morgan fingerprint density at radius 2 is 1.73 bits per heavy atom. The molecule has 7 heteroatoms. The largest absolute Gasteiger partial charge is 0.386 e. The number of fused-ring (bicyclic) bond motifs is 6. The highest BCUT2D eigenvalue weighted by Crippen LogP contribution is 2.41. The minimum atomic E-state index is -0.697. The molecule has 1 amide bonds. The minimum Gasteiger partial charge on any atom is -0.386 e. The Morgan fingerprint density at radius 1 is 0.955 bits per heavy atom. The molecule has 0 spiro atoms. The molecule has 3 N–H and O–H groups in total. The van der Waals surface area contributed by atoms with Crippen LogP contribution in [-0.2, 0) is 24.1 Å². The van der Waals surface area contributed by atoms with Gasteiger partial charge in [-0.05, 0) is 85.1 Å². The number of aromatic amines is 1. The highest BCUT2D eigenvalue weighted by Gasteiger charge is 2.30. The van der Waals surface area contributed by atoms with Crippen LogP contribution in [0.25, 0.3) is 27.9 Å². The SMILES string of the molecule is CCC1CCCc2c1n(Cc1cccc(C(N)=O)c1)c1c(C(=O)OC(=O)c3cccc4c5c([nH]c34)C=CC=CC5)cccc21. The Hall–Kier alpha value is -5.17. The molecule has 5 aromatic rings. The highest BCUT2D eigenvalue weighted by atomic mass is 16.6. The van der Waals surface area contributed by atoms with E-state index in [0.29, 0.717) is 34.7 Å². The maximum atomic E-state index is 13.9. The number of hydrogen-bond donors (Lipinski definition) is 2. The van der Waals surface area contributed by atoms with Gasteiger partial charge in [0.2, 0.25) is 5.91 Å². The van der Waals surface area contributed by atoms with E-state index >= 15 is 0 Å². The number of hydrogen-bond acceptors (Lipinski definition) is 4. The van der Waals surface area contributed by atoms with Crippen LogP contribution in [0.3, 0.4) is 0 Å². The Balaban J connectivity index is 1.31. The predicted molar refractivity (Wildman–Crippen MR) is 172 cm³/mol. The van der Waals surface area contributed by atoms with Crippen molar-refractivity contribution in [2.24, 2.45) is 5.73 Å². The topological polar surface area (TPSA) is 107 Å². The van der Waals surface area contributed by atoms with E-state index in [1.54, 1.807) is 24.3 Å². The lowest BCUT2D eigenvalue weighted by atomic mass is 9.85. The molecule has 44 heavy (non-hydrogen) atoms. The van der Waals surface area contributed by atoms with Gasteiger partial charge in [0.05, 0.1) is 22.2 Å². The second kappa shape index (κ2) is 11.2. The van der Waals surface area contributed by atoms with Crippen molar-refractivity contribution in [2.45, 2.75) is 51.5 Å². The summed E-state index contributed by atoms with van der Waals surface area (Å²) >= 11 is 0. The number of aromatic nitrogens is 2. The molecule has 0 aliphatic heterocycles. The van der Waals surface area contributed by atoms with Crippen molar-refractivity contribution in [3.63, 3.8) is 0 Å². The first-order valence-corrected chi connectivity index (χ1v) is 15.2. The first-order chi connectivity index (χ1) is 21.4. The number of benzene rings is 3. The van der Waals surface area contributed by atoms with Gasteiger partial charge in [0.25, 0.3) is 0 Å². The van der Waals surface area contributed by atoms with Gasteiger partial charge in [-0.1, -0.05) is 61.5 Å². The van der Waals surface area contributed by atoms with Crippen LogP contribution in [0.2, 0.25) is 0 Å². The van der Waals surface area contributed by atoms with Gasteiger partial charge in [0.1, 0.15) is 0 Å². The summed E-state index contributed by atoms with van der Waals surface area (Å²) in [5, 5.41) is 1.94. The highest BCUT2D eigenvalue weighted by molar-refractivity contribution is 6.13. The molecule has 2 aliphatic carbocycles. The van der Waals surface area contributed by atoms with E-state index in [9.17, 15) is 14.4 Å². The number of primary amides is 1. The number of H-pyrrole nitrogens is 1. The Morgan fingerprint density at radius 3 is 2.55 bits per heavy atom. The minimum absolute atomic E-state index is 0.317. The smallest absolute Gasteiger partial charge is 0.348 e. The molecule has 2 heterocycles. The lowest BCUT2D eigenvalue weighted by Crippen LogP contribution is -2.17. The van der Waals surface area contributed by atoms with Crippen molar-refractivity contribution in [1.29, 1.82) is 0 Å². The molecular weight excluding hydrogens is 550 g/mol. The first-order valence-electron chi connectivity index (χ1n) is 15.2. The van der Waals surface area contributed by atoms with Crippen LogP contribution >= 0.6 is 0 Å². The molecule has 1 unspecified atom stereocenters. The Labute approximate surface area is 255 Å². The Bertz CT molecular complexity index is 2040. The van der Waals surface area contributed by atoms with Crippen LogP contribution in [0.4, 0.5) is 0 Å². The zero-order valence-corrected chi connectivity index (χ0v) is 24.6. The third-order valence-corrected chi connectivity index (χ3v) is 9.07. The molecule has 7 rings (SSSR count). The third-order valence-electron chi connectivity index (χ3n) is 9.07. The molecule has 0 saturated heterocycles. The summed E-state index contributed by atoms with van der Waals surface area (Å²) in [6.07, 6.45) is 12.8. The van der Waals surface area contributed by atoms with Gasteiger partial charge in [0.15, 0.2) is 0 Å². The van der Waals surface area contributed by atoms with Crippen molar-refractivity contribution in [3.8, 4) is 0 Å². The van der Waals surface area contributed by atoms with Crippen LogP contribution in [0.15, 0.2) is 78.9 Å². The molecule has 1 atom stereocenters. The van der Waals surface area contributed by atoms with Crippen LogP contribution < -0.4 is 5.73 Å². The first kappa shape index (κ1) is 27.7. The molecule has 220 valence electrons. The van der Waals surface area contributed by atoms with Crippen LogP contribution in [0.1, 0.15) is 91.3 Å². The summed E-state index contributed by atoms with van der Waals surface area (Å²) in [4.78, 5) is 42.8. The fourth-order valence-electron chi connectivity index (χ4n) is 7.06. The fourth-order valence-corrected chi connectivity index (χ4v) is 7.06. The number of rotatable bonds is 6. The summed E-state index contributed by atoms with van der Waals surface area (Å²) in [6.45, 7) is 2.65. The van der Waals surface area contributed by atoms with Crippen molar-refractivity contribution in [2.75, 3.05) is 0 Å². The van der Waals surface area contributed by atoms with Gasteiger partial charge < -0.3 is 20.0 Å². The molecular formula is C37H33N3O4. The van der Waals surface area contributed by atoms with Gasteiger partial charge in [-0.15, -0.1) is 0 Å². The number of nitrogens with zero attached hydrogens (tertiary/aromatic N) is 1. The third kappa shape index (κ3) is 4.65. The number of aryl methyl sites for hydroxylation is 1. The summed E-state index contributed by atoms with van der Waals surface area (Å²) in [5.74, 6) is -1.54. The normalized spacial score (nSPS) is 15.6. The van der Waals surface area contributed by atoms with Gasteiger partial charge in [-0.2, -0.15) is 0 Å². The molecule has 3 aromatic carbocycles. The maximum Gasteiger partial charge on any atom is 0.348 e. The van der Waals surface area contributed by atoms with Crippen molar-refractivity contribution >= 4 is 45.7 Å². The van der Waals surface area contributed by atoms with Crippen LogP contribution in [-0.4, -0.2) is 27.4 Å². The molecule has 7 nitrogen and oxygen atoms in total. The monoisotopic (exact) mass is 583 g/mol. The van der Waals surface area contributed by atoms with E-state index in [1.807, 2.05) is 48.6 Å². The molecule has 0 radical (unpaired) electrons. The summed E-state index contributed by atoms with van der Waals surface area (Å²) in [7, 11) is 0. The second-order valence-electron chi connectivity index (χ2n) is 11.6. The van der Waals surface area contributed by atoms with E-state index in [1.165, 1.54) is 11.3 Å². The molecule has 0 saturated carbocycles. The van der Waals surface area contributed by atoms with E-state index in [-0.39, 0.29) is 0 Å².